The second kappa shape index (κ2) is 13.9. The van der Waals surface area contributed by atoms with Crippen LogP contribution in [0.4, 0.5) is 25.1 Å². The van der Waals surface area contributed by atoms with Crippen molar-refractivity contribution in [1.82, 2.24) is 24.8 Å². The van der Waals surface area contributed by atoms with E-state index in [-0.39, 0.29) is 33.9 Å². The molecule has 3 aliphatic heterocycles. The van der Waals surface area contributed by atoms with Gasteiger partial charge in [-0.05, 0) is 116 Å². The number of benzene rings is 2. The summed E-state index contributed by atoms with van der Waals surface area (Å²) >= 11 is 0. The highest BCUT2D eigenvalue weighted by molar-refractivity contribution is 6.04. The molecule has 1 unspecified atom stereocenters. The van der Waals surface area contributed by atoms with Crippen LogP contribution in [-0.4, -0.2) is 80.3 Å². The molecule has 2 aromatic heterocycles. The molecule has 10 nitrogen and oxygen atoms in total. The summed E-state index contributed by atoms with van der Waals surface area (Å²) in [6.07, 6.45) is 12.1. The van der Waals surface area contributed by atoms with E-state index in [9.17, 15) is 4.79 Å². The highest BCUT2D eigenvalue weighted by Crippen LogP contribution is 2.42. The van der Waals surface area contributed by atoms with Crippen LogP contribution >= 0.6 is 0 Å². The number of carbonyl (C=O) groups excluding carboxylic acids is 1. The fourth-order valence-corrected chi connectivity index (χ4v) is 8.56. The number of nitrogens with one attached hydrogen (secondary N) is 1. The van der Waals surface area contributed by atoms with Gasteiger partial charge in [-0.15, -0.1) is 6.42 Å². The zero-order chi connectivity index (χ0) is 37.7. The molecular formula is C41H49F2N7O3. The third kappa shape index (κ3) is 7.03. The Kier molecular flexibility index (Phi) is 9.60. The molecule has 1 atom stereocenters. The number of fused-ring (bicyclic) bond motifs is 2. The van der Waals surface area contributed by atoms with Gasteiger partial charge in [0, 0.05) is 29.7 Å². The lowest BCUT2D eigenvalue weighted by atomic mass is 9.90. The van der Waals surface area contributed by atoms with Crippen LogP contribution in [0.15, 0.2) is 24.3 Å². The average molecular weight is 726 g/mol. The minimum atomic E-state index is -0.719. The van der Waals surface area contributed by atoms with Crippen LogP contribution in [0.1, 0.15) is 90.8 Å². The van der Waals surface area contributed by atoms with Crippen molar-refractivity contribution in [3.8, 4) is 29.6 Å². The van der Waals surface area contributed by atoms with Crippen molar-refractivity contribution in [2.24, 2.45) is 0 Å². The molecule has 280 valence electrons. The summed E-state index contributed by atoms with van der Waals surface area (Å²) in [4.78, 5) is 32.1. The number of nitrogens with zero attached hydrogens (tertiary/aromatic N) is 5. The number of anilines is 2. The van der Waals surface area contributed by atoms with Crippen molar-refractivity contribution in [3.63, 3.8) is 0 Å². The molecule has 0 saturated carbocycles. The van der Waals surface area contributed by atoms with Gasteiger partial charge in [0.25, 0.3) is 0 Å². The highest BCUT2D eigenvalue weighted by atomic mass is 19.1. The minimum Gasteiger partial charge on any atom is -0.461 e. The van der Waals surface area contributed by atoms with Crippen molar-refractivity contribution >= 4 is 39.3 Å². The first-order valence-corrected chi connectivity index (χ1v) is 18.8. The molecule has 5 heterocycles. The largest absolute Gasteiger partial charge is 0.461 e. The van der Waals surface area contributed by atoms with E-state index >= 15 is 8.78 Å². The van der Waals surface area contributed by atoms with Gasteiger partial charge in [-0.1, -0.05) is 18.9 Å². The Morgan fingerprint density at radius 1 is 1.09 bits per heavy atom. The maximum absolute atomic E-state index is 17.3. The van der Waals surface area contributed by atoms with E-state index in [1.807, 2.05) is 34.6 Å². The number of nitrogens with two attached hydrogens (primary N) is 1. The Hall–Kier alpha value is -4.76. The molecular weight excluding hydrogens is 676 g/mol. The van der Waals surface area contributed by atoms with E-state index in [1.165, 1.54) is 6.07 Å². The summed E-state index contributed by atoms with van der Waals surface area (Å²) in [7, 11) is 0. The van der Waals surface area contributed by atoms with Crippen molar-refractivity contribution < 1.29 is 23.0 Å². The number of aryl methyl sites for hydroxylation is 1. The number of hydrogen-bond donors (Lipinski definition) is 2. The van der Waals surface area contributed by atoms with Crippen molar-refractivity contribution in [3.05, 3.63) is 47.2 Å². The van der Waals surface area contributed by atoms with Gasteiger partial charge in [-0.2, -0.15) is 9.97 Å². The van der Waals surface area contributed by atoms with E-state index in [2.05, 4.69) is 16.1 Å². The second-order valence-electron chi connectivity index (χ2n) is 16.2. The van der Waals surface area contributed by atoms with E-state index < -0.39 is 28.9 Å². The second-order valence-corrected chi connectivity index (χ2v) is 16.2. The van der Waals surface area contributed by atoms with Crippen LogP contribution in [0.5, 0.6) is 6.01 Å². The molecule has 0 aliphatic carbocycles. The monoisotopic (exact) mass is 725 g/mol. The average Bonchev–Trinajstić information content (AvgIpc) is 3.67. The normalized spacial score (nSPS) is 19.7. The number of aromatic nitrogens is 3. The predicted octanol–water partition coefficient (Wildman–Crippen LogP) is 7.85. The minimum absolute atomic E-state index is 0.00449. The summed E-state index contributed by atoms with van der Waals surface area (Å²) in [6.45, 7) is 12.9. The smallest absolute Gasteiger partial charge is 0.410 e. The number of rotatable bonds is 8. The van der Waals surface area contributed by atoms with Crippen molar-refractivity contribution in [2.75, 3.05) is 43.8 Å². The molecule has 7 rings (SSSR count). The number of halogens is 2. The van der Waals surface area contributed by atoms with Crippen LogP contribution in [0.25, 0.3) is 32.9 Å². The summed E-state index contributed by atoms with van der Waals surface area (Å²) in [6, 6.07) is 6.17. The van der Waals surface area contributed by atoms with Gasteiger partial charge in [0.2, 0.25) is 0 Å². The number of carbonyl (C=O) groups is 1. The number of nitrogen functional groups attached to an aromatic ring is 1. The predicted molar refractivity (Wildman–Crippen MR) is 204 cm³/mol. The van der Waals surface area contributed by atoms with E-state index in [0.717, 1.165) is 45.2 Å². The van der Waals surface area contributed by atoms with Gasteiger partial charge in [0.15, 0.2) is 5.82 Å². The zero-order valence-electron chi connectivity index (χ0n) is 31.4. The number of hydrogen-bond acceptors (Lipinski definition) is 9. The molecule has 12 heteroatoms. The number of terminal acetylenes is 1. The lowest BCUT2D eigenvalue weighted by Gasteiger charge is -2.38. The Morgan fingerprint density at radius 3 is 2.55 bits per heavy atom. The first-order chi connectivity index (χ1) is 25.2. The van der Waals surface area contributed by atoms with E-state index in [0.29, 0.717) is 72.3 Å². The molecule has 4 aromatic rings. The van der Waals surface area contributed by atoms with Crippen molar-refractivity contribution in [1.29, 1.82) is 0 Å². The van der Waals surface area contributed by atoms with Crippen LogP contribution in [-0.2, 0) is 11.2 Å². The van der Waals surface area contributed by atoms with Gasteiger partial charge in [-0.25, -0.2) is 18.6 Å². The third-order valence-corrected chi connectivity index (χ3v) is 10.9. The molecule has 0 spiro atoms. The number of ether oxygens (including phenoxy) is 2. The summed E-state index contributed by atoms with van der Waals surface area (Å²) < 4.78 is 44.6. The Labute approximate surface area is 309 Å². The molecule has 2 saturated heterocycles. The van der Waals surface area contributed by atoms with E-state index in [1.54, 1.807) is 23.1 Å². The van der Waals surface area contributed by atoms with Crippen LogP contribution in [0, 0.1) is 24.0 Å². The fourth-order valence-electron chi connectivity index (χ4n) is 8.56. The standard InChI is InChI=1S/C41H49F2N7O3/c1-7-18-49(38(51)53-39(3,4)5)23-40(6)15-9-12-30-32-35(46-37(47-36(32)48-40)52-24-41-16-10-19-50(41)20-11-17-41)33(43)34(45-30)28-22-26(44)21-25-13-14-29(42)27(8-2)31(25)28/h2,13-14,21-22H,7,9-12,15-20,23-24,44H2,1,3-6H3,(H,46,47,48). The maximum atomic E-state index is 17.3. The van der Waals surface area contributed by atoms with Crippen LogP contribution in [0.2, 0.25) is 0 Å². The van der Waals surface area contributed by atoms with Gasteiger partial charge in [0.1, 0.15) is 35.1 Å². The fraction of sp³-hybridized carbons (Fsp3) is 0.512. The number of amides is 1. The molecule has 53 heavy (non-hydrogen) atoms. The molecule has 0 radical (unpaired) electrons. The number of pyridine rings is 1. The third-order valence-electron chi connectivity index (χ3n) is 10.9. The first-order valence-electron chi connectivity index (χ1n) is 18.8. The topological polar surface area (TPSA) is 119 Å². The first kappa shape index (κ1) is 36.6. The highest BCUT2D eigenvalue weighted by Gasteiger charge is 2.45. The molecule has 1 amide bonds. The van der Waals surface area contributed by atoms with Crippen LogP contribution in [0.3, 0.4) is 0 Å². The molecule has 3 N–H and O–H groups in total. The SMILES string of the molecule is C#Cc1c(F)ccc2cc(N)cc(-c3nc4c5c(nc(OCC67CCCN6CCC7)nc5c3F)NC(C)(CN(CCC)C(=O)OC(C)(C)C)CCC4)c12. The Balaban J connectivity index is 1.38. The zero-order valence-corrected chi connectivity index (χ0v) is 31.4. The molecule has 0 bridgehead atoms. The lowest BCUT2D eigenvalue weighted by molar-refractivity contribution is 0.0215. The van der Waals surface area contributed by atoms with E-state index in [4.69, 9.17) is 36.6 Å². The molecule has 2 fully saturated rings. The van der Waals surface area contributed by atoms with Gasteiger partial charge in [0.05, 0.1) is 27.7 Å². The summed E-state index contributed by atoms with van der Waals surface area (Å²) in [5.41, 5.74) is 6.13. The van der Waals surface area contributed by atoms with Crippen molar-refractivity contribution in [2.45, 2.75) is 103 Å². The van der Waals surface area contributed by atoms with Gasteiger partial charge >= 0.3 is 12.1 Å². The molecule has 2 aromatic carbocycles. The lowest BCUT2D eigenvalue weighted by Crippen LogP contribution is -2.50. The Bertz CT molecular complexity index is 2120. The summed E-state index contributed by atoms with van der Waals surface area (Å²) in [5, 5.41) is 4.97. The summed E-state index contributed by atoms with van der Waals surface area (Å²) in [5.74, 6) is 1.51. The molecule has 3 aliphatic rings. The maximum Gasteiger partial charge on any atom is 0.410 e. The van der Waals surface area contributed by atoms with Crippen LogP contribution < -0.4 is 15.8 Å². The quantitative estimate of drug-likeness (QED) is 0.138. The van der Waals surface area contributed by atoms with Gasteiger partial charge in [-0.3, -0.25) is 4.90 Å². The Morgan fingerprint density at radius 2 is 1.85 bits per heavy atom. The van der Waals surface area contributed by atoms with Gasteiger partial charge < -0.3 is 25.4 Å².